The Bertz CT molecular complexity index is 606. The van der Waals surface area contributed by atoms with E-state index < -0.39 is 0 Å². The van der Waals surface area contributed by atoms with Crippen LogP contribution < -0.4 is 10.2 Å². The number of halogens is 1. The van der Waals surface area contributed by atoms with E-state index >= 15 is 0 Å². The van der Waals surface area contributed by atoms with Gasteiger partial charge in [-0.1, -0.05) is 17.7 Å². The van der Waals surface area contributed by atoms with Crippen molar-refractivity contribution in [2.45, 2.75) is 13.8 Å². The molecule has 0 unspecified atom stereocenters. The van der Waals surface area contributed by atoms with E-state index in [-0.39, 0.29) is 5.91 Å². The minimum atomic E-state index is -0.159. The van der Waals surface area contributed by atoms with Crippen molar-refractivity contribution in [3.8, 4) is 0 Å². The molecule has 110 valence electrons. The number of nitrogens with one attached hydrogen (secondary N) is 1. The molecule has 0 bridgehead atoms. The van der Waals surface area contributed by atoms with Crippen LogP contribution in [0.4, 0.5) is 11.4 Å². The molecule has 0 fully saturated rings. The fourth-order valence-corrected chi connectivity index (χ4v) is 2.37. The number of carbonyl (C=O) groups excluding carboxylic acids is 1. The average Bonchev–Trinajstić information content (AvgIpc) is 2.50. The van der Waals surface area contributed by atoms with Gasteiger partial charge in [0.15, 0.2) is 0 Å². The fourth-order valence-electron chi connectivity index (χ4n) is 2.18. The molecule has 0 saturated heterocycles. The summed E-state index contributed by atoms with van der Waals surface area (Å²) in [5.74, 6) is -0.159. The molecule has 2 aromatic rings. The van der Waals surface area contributed by atoms with Gasteiger partial charge in [-0.05, 0) is 56.3 Å². The molecule has 0 aliphatic heterocycles. The van der Waals surface area contributed by atoms with Crippen molar-refractivity contribution in [3.05, 3.63) is 59.1 Å². The van der Waals surface area contributed by atoms with Crippen LogP contribution in [0.25, 0.3) is 0 Å². The van der Waals surface area contributed by atoms with Crippen molar-refractivity contribution in [3.63, 3.8) is 0 Å². The van der Waals surface area contributed by atoms with Gasteiger partial charge in [0.05, 0.1) is 0 Å². The Morgan fingerprint density at radius 1 is 1.10 bits per heavy atom. The molecule has 2 rings (SSSR count). The van der Waals surface area contributed by atoms with Gasteiger partial charge in [0.1, 0.15) is 0 Å². The van der Waals surface area contributed by atoms with Crippen LogP contribution in [0.2, 0.25) is 5.02 Å². The quantitative estimate of drug-likeness (QED) is 0.885. The third-order valence-corrected chi connectivity index (χ3v) is 3.58. The van der Waals surface area contributed by atoms with Crippen molar-refractivity contribution in [1.82, 2.24) is 0 Å². The van der Waals surface area contributed by atoms with Crippen LogP contribution in [0.1, 0.15) is 24.2 Å². The Balaban J connectivity index is 2.08. The van der Waals surface area contributed by atoms with Crippen LogP contribution in [0, 0.1) is 0 Å². The lowest BCUT2D eigenvalue weighted by molar-refractivity contribution is 0.102. The summed E-state index contributed by atoms with van der Waals surface area (Å²) in [6.07, 6.45) is 0. The number of hydrogen-bond acceptors (Lipinski definition) is 2. The van der Waals surface area contributed by atoms with Gasteiger partial charge in [-0.25, -0.2) is 0 Å². The Hall–Kier alpha value is -2.00. The maximum Gasteiger partial charge on any atom is 0.255 e. The zero-order valence-electron chi connectivity index (χ0n) is 12.3. The first-order valence-corrected chi connectivity index (χ1v) is 7.43. The lowest BCUT2D eigenvalue weighted by Gasteiger charge is -2.21. The van der Waals surface area contributed by atoms with Crippen LogP contribution in [0.5, 0.6) is 0 Å². The van der Waals surface area contributed by atoms with Crippen LogP contribution in [-0.4, -0.2) is 19.0 Å². The zero-order chi connectivity index (χ0) is 15.2. The van der Waals surface area contributed by atoms with Gasteiger partial charge in [-0.15, -0.1) is 0 Å². The average molecular weight is 303 g/mol. The second-order valence-electron chi connectivity index (χ2n) is 4.68. The number of anilines is 2. The van der Waals surface area contributed by atoms with Crippen LogP contribution in [0.15, 0.2) is 48.5 Å². The van der Waals surface area contributed by atoms with Gasteiger partial charge < -0.3 is 10.2 Å². The van der Waals surface area contributed by atoms with Crippen molar-refractivity contribution in [2.75, 3.05) is 23.3 Å². The summed E-state index contributed by atoms with van der Waals surface area (Å²) < 4.78 is 0. The first-order valence-electron chi connectivity index (χ1n) is 7.06. The van der Waals surface area contributed by atoms with Crippen molar-refractivity contribution in [2.24, 2.45) is 0 Å². The number of rotatable bonds is 5. The highest BCUT2D eigenvalue weighted by molar-refractivity contribution is 6.31. The molecule has 1 N–H and O–H groups in total. The Morgan fingerprint density at radius 3 is 2.33 bits per heavy atom. The van der Waals surface area contributed by atoms with Crippen molar-refractivity contribution >= 4 is 28.9 Å². The number of amides is 1. The van der Waals surface area contributed by atoms with E-state index in [2.05, 4.69) is 24.1 Å². The van der Waals surface area contributed by atoms with E-state index in [1.54, 1.807) is 24.3 Å². The molecular formula is C17H19ClN2O. The standard InChI is InChI=1S/C17H19ClN2O/c1-3-20(4-2)16-10-8-15(9-11-16)19-17(21)13-6-5-7-14(18)12-13/h5-12H,3-4H2,1-2H3,(H,19,21). The Kier molecular flexibility index (Phi) is 5.23. The number of carbonyl (C=O) groups is 1. The summed E-state index contributed by atoms with van der Waals surface area (Å²) in [5.41, 5.74) is 2.48. The third-order valence-electron chi connectivity index (χ3n) is 3.34. The van der Waals surface area contributed by atoms with Crippen LogP contribution in [-0.2, 0) is 0 Å². The lowest BCUT2D eigenvalue weighted by Crippen LogP contribution is -2.21. The summed E-state index contributed by atoms with van der Waals surface area (Å²) in [7, 11) is 0. The molecule has 0 aromatic heterocycles. The van der Waals surface area contributed by atoms with E-state index in [4.69, 9.17) is 11.6 Å². The van der Waals surface area contributed by atoms with Crippen LogP contribution in [0.3, 0.4) is 0 Å². The lowest BCUT2D eigenvalue weighted by atomic mass is 10.2. The summed E-state index contributed by atoms with van der Waals surface area (Å²) >= 11 is 5.89. The summed E-state index contributed by atoms with van der Waals surface area (Å²) in [6.45, 7) is 6.17. The molecule has 1 amide bonds. The van der Waals surface area contributed by atoms with E-state index in [0.717, 1.165) is 24.5 Å². The van der Waals surface area contributed by atoms with Crippen molar-refractivity contribution in [1.29, 1.82) is 0 Å². The molecule has 0 radical (unpaired) electrons. The Morgan fingerprint density at radius 2 is 1.76 bits per heavy atom. The number of nitrogens with zero attached hydrogens (tertiary/aromatic N) is 1. The van der Waals surface area contributed by atoms with Gasteiger partial charge in [0, 0.05) is 35.1 Å². The Labute approximate surface area is 130 Å². The molecule has 0 atom stereocenters. The van der Waals surface area contributed by atoms with Gasteiger partial charge in [-0.2, -0.15) is 0 Å². The highest BCUT2D eigenvalue weighted by Gasteiger charge is 2.07. The molecule has 0 spiro atoms. The minimum Gasteiger partial charge on any atom is -0.372 e. The van der Waals surface area contributed by atoms with Gasteiger partial charge >= 0.3 is 0 Å². The van der Waals surface area contributed by atoms with Gasteiger partial charge in [0.25, 0.3) is 5.91 Å². The van der Waals surface area contributed by atoms with E-state index in [9.17, 15) is 4.79 Å². The summed E-state index contributed by atoms with van der Waals surface area (Å²) in [5, 5.41) is 3.43. The maximum atomic E-state index is 12.1. The molecule has 4 heteroatoms. The minimum absolute atomic E-state index is 0.159. The predicted molar refractivity (Wildman–Crippen MR) is 89.4 cm³/mol. The predicted octanol–water partition coefficient (Wildman–Crippen LogP) is 4.44. The SMILES string of the molecule is CCN(CC)c1ccc(NC(=O)c2cccc(Cl)c2)cc1. The van der Waals surface area contributed by atoms with Crippen LogP contribution >= 0.6 is 11.6 Å². The molecule has 3 nitrogen and oxygen atoms in total. The molecule has 0 aliphatic rings. The van der Waals surface area contributed by atoms with E-state index in [1.165, 1.54) is 0 Å². The second-order valence-corrected chi connectivity index (χ2v) is 5.12. The molecule has 21 heavy (non-hydrogen) atoms. The maximum absolute atomic E-state index is 12.1. The van der Waals surface area contributed by atoms with Gasteiger partial charge in [0.2, 0.25) is 0 Å². The summed E-state index contributed by atoms with van der Waals surface area (Å²) in [6, 6.07) is 14.8. The highest BCUT2D eigenvalue weighted by Crippen LogP contribution is 2.19. The third kappa shape index (κ3) is 3.99. The van der Waals surface area contributed by atoms with Gasteiger partial charge in [-0.3, -0.25) is 4.79 Å². The molecule has 2 aromatic carbocycles. The first kappa shape index (κ1) is 15.4. The topological polar surface area (TPSA) is 32.3 Å². The molecule has 0 aliphatic carbocycles. The first-order chi connectivity index (χ1) is 10.1. The van der Waals surface area contributed by atoms with Crippen molar-refractivity contribution < 1.29 is 4.79 Å². The molecule has 0 heterocycles. The largest absolute Gasteiger partial charge is 0.372 e. The smallest absolute Gasteiger partial charge is 0.255 e. The zero-order valence-corrected chi connectivity index (χ0v) is 13.0. The summed E-state index contributed by atoms with van der Waals surface area (Å²) in [4.78, 5) is 14.4. The molecule has 0 saturated carbocycles. The molecular weight excluding hydrogens is 284 g/mol. The second kappa shape index (κ2) is 7.14. The van der Waals surface area contributed by atoms with E-state index in [0.29, 0.717) is 10.6 Å². The van der Waals surface area contributed by atoms with E-state index in [1.807, 2.05) is 24.3 Å². The fraction of sp³-hybridized carbons (Fsp3) is 0.235. The monoisotopic (exact) mass is 302 g/mol. The number of benzene rings is 2. The normalized spacial score (nSPS) is 10.2. The number of hydrogen-bond donors (Lipinski definition) is 1. The highest BCUT2D eigenvalue weighted by atomic mass is 35.5.